The summed E-state index contributed by atoms with van der Waals surface area (Å²) in [5.74, 6) is 0.559. The highest BCUT2D eigenvalue weighted by Crippen LogP contribution is 2.40. The van der Waals surface area contributed by atoms with Crippen LogP contribution in [-0.4, -0.2) is 25.9 Å². The highest BCUT2D eigenvalue weighted by Gasteiger charge is 2.33. The van der Waals surface area contributed by atoms with Crippen LogP contribution in [0.25, 0.3) is 5.57 Å². The second-order valence-electron chi connectivity index (χ2n) is 5.24. The molecule has 102 valence electrons. The third kappa shape index (κ3) is 2.78. The van der Waals surface area contributed by atoms with Gasteiger partial charge in [0, 0.05) is 17.0 Å². The Kier molecular flexibility index (Phi) is 4.06. The van der Waals surface area contributed by atoms with Crippen molar-refractivity contribution in [2.45, 2.75) is 25.9 Å². The lowest BCUT2D eigenvalue weighted by Crippen LogP contribution is -2.24. The maximum atomic E-state index is 5.87. The van der Waals surface area contributed by atoms with Crippen LogP contribution >= 0.6 is 15.9 Å². The first-order chi connectivity index (χ1) is 9.28. The Morgan fingerprint density at radius 2 is 2.11 bits per heavy atom. The number of ether oxygens (including phenoxy) is 2. The van der Waals surface area contributed by atoms with Crippen LogP contribution in [0.2, 0.25) is 0 Å². The van der Waals surface area contributed by atoms with Gasteiger partial charge in [0.1, 0.15) is 0 Å². The molecule has 2 atom stereocenters. The maximum absolute atomic E-state index is 5.87. The Balaban J connectivity index is 1.93. The Hall–Kier alpha value is -0.640. The Bertz CT molecular complexity index is 478. The van der Waals surface area contributed by atoms with Crippen molar-refractivity contribution in [2.75, 3.05) is 19.8 Å². The highest BCUT2D eigenvalue weighted by molar-refractivity contribution is 9.10. The van der Waals surface area contributed by atoms with Crippen LogP contribution in [0.3, 0.4) is 0 Å². The molecule has 19 heavy (non-hydrogen) atoms. The number of hydrogen-bond acceptors (Lipinski definition) is 2. The summed E-state index contributed by atoms with van der Waals surface area (Å²) in [6.45, 7) is 4.53. The molecule has 2 nitrogen and oxygen atoms in total. The molecule has 3 rings (SSSR count). The van der Waals surface area contributed by atoms with Crippen LogP contribution in [0, 0.1) is 5.92 Å². The summed E-state index contributed by atoms with van der Waals surface area (Å²) in [5.41, 5.74) is 4.26. The number of halogens is 1. The van der Waals surface area contributed by atoms with E-state index in [0.717, 1.165) is 37.1 Å². The SMILES string of the molecule is CCO[C@@H]1CC(c2ccc(Br)cc2)=C2COC[C@H]2C1. The molecule has 0 saturated carbocycles. The molecule has 0 aromatic heterocycles. The van der Waals surface area contributed by atoms with E-state index >= 15 is 0 Å². The molecule has 3 heteroatoms. The van der Waals surface area contributed by atoms with E-state index in [1.165, 1.54) is 16.7 Å². The van der Waals surface area contributed by atoms with E-state index in [9.17, 15) is 0 Å². The smallest absolute Gasteiger partial charge is 0.0686 e. The third-order valence-electron chi connectivity index (χ3n) is 4.03. The number of hydrogen-bond donors (Lipinski definition) is 0. The van der Waals surface area contributed by atoms with Crippen molar-refractivity contribution in [1.82, 2.24) is 0 Å². The summed E-state index contributed by atoms with van der Waals surface area (Å²) < 4.78 is 12.7. The van der Waals surface area contributed by atoms with Crippen LogP contribution in [0.1, 0.15) is 25.3 Å². The van der Waals surface area contributed by atoms with Gasteiger partial charge in [-0.2, -0.15) is 0 Å². The van der Waals surface area contributed by atoms with Crippen LogP contribution < -0.4 is 0 Å². The number of rotatable bonds is 3. The molecule has 0 unspecified atom stereocenters. The zero-order valence-electron chi connectivity index (χ0n) is 11.2. The third-order valence-corrected chi connectivity index (χ3v) is 4.56. The molecule has 0 spiro atoms. The summed E-state index contributed by atoms with van der Waals surface area (Å²) in [5, 5.41) is 0. The largest absolute Gasteiger partial charge is 0.378 e. The molecule has 1 aromatic carbocycles. The van der Waals surface area contributed by atoms with E-state index in [1.807, 2.05) is 0 Å². The van der Waals surface area contributed by atoms with Gasteiger partial charge in [0.2, 0.25) is 0 Å². The summed E-state index contributed by atoms with van der Waals surface area (Å²) in [7, 11) is 0. The Morgan fingerprint density at radius 3 is 2.84 bits per heavy atom. The van der Waals surface area contributed by atoms with Crippen LogP contribution in [0.5, 0.6) is 0 Å². The second-order valence-corrected chi connectivity index (χ2v) is 6.16. The number of benzene rings is 1. The minimum absolute atomic E-state index is 0.346. The van der Waals surface area contributed by atoms with E-state index in [4.69, 9.17) is 9.47 Å². The summed E-state index contributed by atoms with van der Waals surface area (Å²) in [4.78, 5) is 0. The maximum Gasteiger partial charge on any atom is 0.0686 e. The fourth-order valence-corrected chi connectivity index (χ4v) is 3.41. The molecule has 0 N–H and O–H groups in total. The zero-order valence-corrected chi connectivity index (χ0v) is 12.8. The first-order valence-electron chi connectivity index (χ1n) is 6.95. The fraction of sp³-hybridized carbons (Fsp3) is 0.500. The molecular weight excluding hydrogens is 304 g/mol. The van der Waals surface area contributed by atoms with Crippen molar-refractivity contribution in [1.29, 1.82) is 0 Å². The average Bonchev–Trinajstić information content (AvgIpc) is 2.87. The molecule has 1 aliphatic carbocycles. The summed E-state index contributed by atoms with van der Waals surface area (Å²) in [6.07, 6.45) is 2.48. The predicted molar refractivity (Wildman–Crippen MR) is 80.0 cm³/mol. The topological polar surface area (TPSA) is 18.5 Å². The first-order valence-corrected chi connectivity index (χ1v) is 7.74. The summed E-state index contributed by atoms with van der Waals surface area (Å²) in [6, 6.07) is 8.60. The van der Waals surface area contributed by atoms with Crippen LogP contribution in [0.15, 0.2) is 34.3 Å². The predicted octanol–water partition coefficient (Wildman–Crippen LogP) is 4.05. The van der Waals surface area contributed by atoms with Gasteiger partial charge in [-0.05, 0) is 48.6 Å². The van der Waals surface area contributed by atoms with E-state index in [-0.39, 0.29) is 0 Å². The molecule has 0 radical (unpaired) electrons. The van der Waals surface area contributed by atoms with Gasteiger partial charge in [-0.3, -0.25) is 0 Å². The number of fused-ring (bicyclic) bond motifs is 1. The van der Waals surface area contributed by atoms with Gasteiger partial charge in [0.15, 0.2) is 0 Å². The van der Waals surface area contributed by atoms with Crippen molar-refractivity contribution < 1.29 is 9.47 Å². The van der Waals surface area contributed by atoms with Gasteiger partial charge in [0.25, 0.3) is 0 Å². The fourth-order valence-electron chi connectivity index (χ4n) is 3.15. The van der Waals surface area contributed by atoms with E-state index in [2.05, 4.69) is 47.1 Å². The van der Waals surface area contributed by atoms with E-state index in [0.29, 0.717) is 12.0 Å². The van der Waals surface area contributed by atoms with Crippen molar-refractivity contribution in [3.63, 3.8) is 0 Å². The second kappa shape index (κ2) is 5.78. The lowest BCUT2D eigenvalue weighted by Gasteiger charge is -2.29. The van der Waals surface area contributed by atoms with Crippen LogP contribution in [0.4, 0.5) is 0 Å². The zero-order chi connectivity index (χ0) is 13.2. The lowest BCUT2D eigenvalue weighted by molar-refractivity contribution is 0.0455. The lowest BCUT2D eigenvalue weighted by atomic mass is 9.80. The molecule has 2 aliphatic rings. The van der Waals surface area contributed by atoms with Gasteiger partial charge >= 0.3 is 0 Å². The van der Waals surface area contributed by atoms with Crippen LogP contribution in [-0.2, 0) is 9.47 Å². The minimum atomic E-state index is 0.346. The van der Waals surface area contributed by atoms with Gasteiger partial charge in [0.05, 0.1) is 19.3 Å². The minimum Gasteiger partial charge on any atom is -0.378 e. The van der Waals surface area contributed by atoms with Crippen molar-refractivity contribution >= 4 is 21.5 Å². The normalized spacial score (nSPS) is 26.6. The van der Waals surface area contributed by atoms with Crippen molar-refractivity contribution in [3.05, 3.63) is 39.9 Å². The van der Waals surface area contributed by atoms with E-state index in [1.54, 1.807) is 0 Å². The Labute approximate surface area is 122 Å². The molecule has 1 aromatic rings. The van der Waals surface area contributed by atoms with Gasteiger partial charge < -0.3 is 9.47 Å². The van der Waals surface area contributed by atoms with Gasteiger partial charge in [-0.25, -0.2) is 0 Å². The monoisotopic (exact) mass is 322 g/mol. The van der Waals surface area contributed by atoms with Crippen molar-refractivity contribution in [3.8, 4) is 0 Å². The molecular formula is C16H19BrO2. The standard InChI is InChI=1S/C16H19BrO2/c1-2-19-14-7-12-9-18-10-16(12)15(8-14)11-3-5-13(17)6-4-11/h3-6,12,14H,2,7-10H2,1H3/t12-,14+/m1/s1. The first kappa shape index (κ1) is 13.3. The summed E-state index contributed by atoms with van der Waals surface area (Å²) >= 11 is 3.50. The molecule has 1 aliphatic heterocycles. The van der Waals surface area contributed by atoms with E-state index < -0.39 is 0 Å². The molecule has 1 heterocycles. The quantitative estimate of drug-likeness (QED) is 0.835. The molecule has 0 bridgehead atoms. The molecule has 1 saturated heterocycles. The van der Waals surface area contributed by atoms with Gasteiger partial charge in [-0.15, -0.1) is 0 Å². The molecule has 0 amide bonds. The Morgan fingerprint density at radius 1 is 1.32 bits per heavy atom. The van der Waals surface area contributed by atoms with Crippen molar-refractivity contribution in [2.24, 2.45) is 5.92 Å². The highest BCUT2D eigenvalue weighted by atomic mass is 79.9. The molecule has 1 fully saturated rings. The van der Waals surface area contributed by atoms with Gasteiger partial charge in [-0.1, -0.05) is 28.1 Å². The average molecular weight is 323 g/mol.